The lowest BCUT2D eigenvalue weighted by Gasteiger charge is -2.21. The van der Waals surface area contributed by atoms with Crippen molar-refractivity contribution in [1.82, 2.24) is 15.5 Å². The van der Waals surface area contributed by atoms with Crippen LogP contribution in [0.25, 0.3) is 0 Å². The van der Waals surface area contributed by atoms with Gasteiger partial charge in [-0.25, -0.2) is 0 Å². The Hall–Kier alpha value is -1.88. The van der Waals surface area contributed by atoms with Gasteiger partial charge in [-0.2, -0.15) is 0 Å². The largest absolute Gasteiger partial charge is 0.347 e. The molecule has 0 spiro atoms. The van der Waals surface area contributed by atoms with E-state index in [1.807, 2.05) is 37.3 Å². The Kier molecular flexibility index (Phi) is 6.40. The van der Waals surface area contributed by atoms with Crippen molar-refractivity contribution in [3.63, 3.8) is 0 Å². The van der Waals surface area contributed by atoms with Crippen LogP contribution in [0.2, 0.25) is 0 Å². The molecule has 0 aromatic heterocycles. The molecule has 2 amide bonds. The van der Waals surface area contributed by atoms with E-state index < -0.39 is 0 Å². The molecule has 1 fully saturated rings. The first-order valence-corrected chi connectivity index (χ1v) is 8.01. The first-order chi connectivity index (χ1) is 10.7. The van der Waals surface area contributed by atoms with Gasteiger partial charge in [0.2, 0.25) is 11.8 Å². The highest BCUT2D eigenvalue weighted by atomic mass is 16.2. The monoisotopic (exact) mass is 303 g/mol. The molecular formula is C17H25N3O2. The number of nitrogens with one attached hydrogen (secondary N) is 2. The van der Waals surface area contributed by atoms with E-state index in [0.29, 0.717) is 19.5 Å². The smallest absolute Gasteiger partial charge is 0.242 e. The van der Waals surface area contributed by atoms with Gasteiger partial charge in [-0.3, -0.25) is 9.59 Å². The van der Waals surface area contributed by atoms with Gasteiger partial charge in [0.05, 0.1) is 6.54 Å². The minimum Gasteiger partial charge on any atom is -0.347 e. The van der Waals surface area contributed by atoms with E-state index in [-0.39, 0.29) is 24.4 Å². The Labute approximate surface area is 132 Å². The van der Waals surface area contributed by atoms with E-state index in [1.165, 1.54) is 0 Å². The van der Waals surface area contributed by atoms with Gasteiger partial charge in [0.25, 0.3) is 0 Å². The number of hydrogen-bond acceptors (Lipinski definition) is 3. The molecule has 1 unspecified atom stereocenters. The fourth-order valence-corrected chi connectivity index (χ4v) is 2.69. The van der Waals surface area contributed by atoms with Crippen LogP contribution in [0.1, 0.15) is 31.7 Å². The quantitative estimate of drug-likeness (QED) is 0.798. The number of benzene rings is 1. The molecule has 2 rings (SSSR count). The fraction of sp³-hybridized carbons (Fsp3) is 0.529. The van der Waals surface area contributed by atoms with Crippen LogP contribution in [-0.4, -0.2) is 42.4 Å². The van der Waals surface area contributed by atoms with Crippen molar-refractivity contribution in [2.45, 2.75) is 38.8 Å². The third kappa shape index (κ3) is 5.15. The van der Waals surface area contributed by atoms with Gasteiger partial charge in [-0.05, 0) is 31.9 Å². The molecule has 1 atom stereocenters. The summed E-state index contributed by atoms with van der Waals surface area (Å²) < 4.78 is 0. The Morgan fingerprint density at radius 1 is 1.32 bits per heavy atom. The molecule has 1 aromatic carbocycles. The van der Waals surface area contributed by atoms with Crippen molar-refractivity contribution in [2.24, 2.45) is 0 Å². The zero-order valence-electron chi connectivity index (χ0n) is 13.2. The maximum absolute atomic E-state index is 12.2. The van der Waals surface area contributed by atoms with Crippen molar-refractivity contribution in [3.8, 4) is 0 Å². The second-order valence-electron chi connectivity index (χ2n) is 5.67. The van der Waals surface area contributed by atoms with Crippen LogP contribution in [0, 0.1) is 0 Å². The van der Waals surface area contributed by atoms with Crippen molar-refractivity contribution in [2.75, 3.05) is 19.6 Å². The third-order valence-electron chi connectivity index (χ3n) is 3.98. The lowest BCUT2D eigenvalue weighted by Crippen LogP contribution is -2.41. The van der Waals surface area contributed by atoms with Crippen molar-refractivity contribution < 1.29 is 9.59 Å². The Balaban J connectivity index is 1.75. The third-order valence-corrected chi connectivity index (χ3v) is 3.98. The minimum atomic E-state index is -0.0523. The number of carbonyl (C=O) groups is 2. The number of likely N-dealkylation sites (N-methyl/N-ethyl adjacent to an activating group) is 1. The average molecular weight is 303 g/mol. The van der Waals surface area contributed by atoms with E-state index in [1.54, 1.807) is 4.90 Å². The number of hydrogen-bond donors (Lipinski definition) is 2. The highest BCUT2D eigenvalue weighted by Crippen LogP contribution is 2.08. The van der Waals surface area contributed by atoms with E-state index in [2.05, 4.69) is 10.6 Å². The van der Waals surface area contributed by atoms with Crippen LogP contribution in [0.3, 0.4) is 0 Å². The molecule has 1 aromatic rings. The predicted octanol–water partition coefficient (Wildman–Crippen LogP) is 1.29. The van der Waals surface area contributed by atoms with Crippen molar-refractivity contribution in [3.05, 3.63) is 35.9 Å². The molecule has 0 aliphatic carbocycles. The summed E-state index contributed by atoms with van der Waals surface area (Å²) in [6.45, 7) is 4.22. The molecule has 0 bridgehead atoms. The zero-order chi connectivity index (χ0) is 15.8. The highest BCUT2D eigenvalue weighted by molar-refractivity contribution is 5.85. The van der Waals surface area contributed by atoms with Crippen LogP contribution < -0.4 is 10.6 Å². The maximum atomic E-state index is 12.2. The summed E-state index contributed by atoms with van der Waals surface area (Å²) in [5.41, 5.74) is 1.10. The summed E-state index contributed by atoms with van der Waals surface area (Å²) in [5.74, 6) is -0.0948. The number of nitrogens with zero attached hydrogens (tertiary/aromatic N) is 1. The normalized spacial score (nSPS) is 17.2. The number of carbonyl (C=O) groups excluding carboxylic acids is 2. The topological polar surface area (TPSA) is 61.4 Å². The zero-order valence-corrected chi connectivity index (χ0v) is 13.2. The van der Waals surface area contributed by atoms with Crippen LogP contribution >= 0.6 is 0 Å². The fourth-order valence-electron chi connectivity index (χ4n) is 2.69. The molecule has 5 heteroatoms. The SMILES string of the molecule is CCN(Cc1ccccc1)C(=O)CNC(=O)CC1CCCN1. The summed E-state index contributed by atoms with van der Waals surface area (Å²) in [5, 5.41) is 6.03. The minimum absolute atomic E-state index is 0.0425. The molecule has 1 saturated heterocycles. The molecule has 5 nitrogen and oxygen atoms in total. The van der Waals surface area contributed by atoms with Crippen LogP contribution in [-0.2, 0) is 16.1 Å². The van der Waals surface area contributed by atoms with E-state index in [4.69, 9.17) is 0 Å². The van der Waals surface area contributed by atoms with E-state index >= 15 is 0 Å². The molecular weight excluding hydrogens is 278 g/mol. The van der Waals surface area contributed by atoms with Crippen LogP contribution in [0.5, 0.6) is 0 Å². The summed E-state index contributed by atoms with van der Waals surface area (Å²) in [6, 6.07) is 10.1. The Bertz CT molecular complexity index is 484. The van der Waals surface area contributed by atoms with Gasteiger partial charge >= 0.3 is 0 Å². The van der Waals surface area contributed by atoms with Gasteiger partial charge in [-0.1, -0.05) is 30.3 Å². The second-order valence-corrected chi connectivity index (χ2v) is 5.67. The Morgan fingerprint density at radius 2 is 2.09 bits per heavy atom. The van der Waals surface area contributed by atoms with Crippen molar-refractivity contribution >= 4 is 11.8 Å². The van der Waals surface area contributed by atoms with Crippen LogP contribution in [0.15, 0.2) is 30.3 Å². The summed E-state index contributed by atoms with van der Waals surface area (Å²) >= 11 is 0. The molecule has 1 aliphatic rings. The molecule has 22 heavy (non-hydrogen) atoms. The van der Waals surface area contributed by atoms with E-state index in [0.717, 1.165) is 24.9 Å². The van der Waals surface area contributed by atoms with Gasteiger partial charge in [0.15, 0.2) is 0 Å². The average Bonchev–Trinajstić information content (AvgIpc) is 3.04. The number of amides is 2. The molecule has 2 N–H and O–H groups in total. The summed E-state index contributed by atoms with van der Waals surface area (Å²) in [7, 11) is 0. The van der Waals surface area contributed by atoms with Crippen LogP contribution in [0.4, 0.5) is 0 Å². The van der Waals surface area contributed by atoms with Gasteiger partial charge in [0, 0.05) is 25.6 Å². The summed E-state index contributed by atoms with van der Waals surface area (Å²) in [6.07, 6.45) is 2.62. The van der Waals surface area contributed by atoms with Gasteiger partial charge in [-0.15, -0.1) is 0 Å². The molecule has 1 aliphatic heterocycles. The lowest BCUT2D eigenvalue weighted by molar-refractivity contribution is -0.133. The predicted molar refractivity (Wildman–Crippen MR) is 86.2 cm³/mol. The maximum Gasteiger partial charge on any atom is 0.242 e. The van der Waals surface area contributed by atoms with Crippen molar-refractivity contribution in [1.29, 1.82) is 0 Å². The first-order valence-electron chi connectivity index (χ1n) is 8.01. The lowest BCUT2D eigenvalue weighted by atomic mass is 10.1. The highest BCUT2D eigenvalue weighted by Gasteiger charge is 2.19. The van der Waals surface area contributed by atoms with Gasteiger partial charge in [0.1, 0.15) is 0 Å². The number of rotatable bonds is 7. The second kappa shape index (κ2) is 8.54. The van der Waals surface area contributed by atoms with E-state index in [9.17, 15) is 9.59 Å². The Morgan fingerprint density at radius 3 is 2.73 bits per heavy atom. The standard InChI is InChI=1S/C17H25N3O2/c1-2-20(13-14-7-4-3-5-8-14)17(22)12-19-16(21)11-15-9-6-10-18-15/h3-5,7-8,15,18H,2,6,9-13H2,1H3,(H,19,21). The first kappa shape index (κ1) is 16.5. The molecule has 0 radical (unpaired) electrons. The molecule has 1 heterocycles. The summed E-state index contributed by atoms with van der Waals surface area (Å²) in [4.78, 5) is 25.8. The molecule has 120 valence electrons. The van der Waals surface area contributed by atoms with Gasteiger partial charge < -0.3 is 15.5 Å². The molecule has 0 saturated carbocycles.